The molecule has 0 bridgehead atoms. The first-order valence-electron chi connectivity index (χ1n) is 9.86. The molecule has 31 heavy (non-hydrogen) atoms. The molecule has 0 saturated heterocycles. The van der Waals surface area contributed by atoms with Crippen LogP contribution in [0, 0.1) is 5.41 Å². The fourth-order valence-corrected chi connectivity index (χ4v) is 2.52. The van der Waals surface area contributed by atoms with E-state index in [1.165, 1.54) is 38.1 Å². The number of benzene rings is 1. The molecule has 0 aromatic heterocycles. The maximum atomic E-state index is 13.0. The molecule has 0 saturated carbocycles. The molecule has 0 aliphatic rings. The van der Waals surface area contributed by atoms with Crippen LogP contribution in [0.3, 0.4) is 0 Å². The molecule has 1 N–H and O–H groups in total. The van der Waals surface area contributed by atoms with Crippen LogP contribution in [0.4, 0.5) is 0 Å². The molecule has 0 aliphatic carbocycles. The standard InChI is InChI=1S/C22H29NO8/c1-7-29-19(27)22(23-14(3)24,20(28)30-8-2)13-17(25)15-10-9-11-16(12-15)31-18(26)21(4,5)6/h9-12H,7-8,13H2,1-6H3,(H,23,24). The number of hydrogen-bond acceptors (Lipinski definition) is 8. The normalized spacial score (nSPS) is 11.3. The van der Waals surface area contributed by atoms with Crippen LogP contribution in [0.5, 0.6) is 5.75 Å². The Morgan fingerprint density at radius 2 is 1.45 bits per heavy atom. The Bertz CT molecular complexity index is 835. The molecule has 9 nitrogen and oxygen atoms in total. The summed E-state index contributed by atoms with van der Waals surface area (Å²) in [7, 11) is 0. The summed E-state index contributed by atoms with van der Waals surface area (Å²) in [6, 6.07) is 5.75. The highest BCUT2D eigenvalue weighted by Gasteiger charge is 2.51. The van der Waals surface area contributed by atoms with Gasteiger partial charge in [-0.3, -0.25) is 14.4 Å². The second kappa shape index (κ2) is 10.7. The Labute approximate surface area is 181 Å². The summed E-state index contributed by atoms with van der Waals surface area (Å²) >= 11 is 0. The predicted octanol–water partition coefficient (Wildman–Crippen LogP) is 2.21. The topological polar surface area (TPSA) is 125 Å². The zero-order valence-electron chi connectivity index (χ0n) is 18.7. The van der Waals surface area contributed by atoms with Gasteiger partial charge >= 0.3 is 17.9 Å². The lowest BCUT2D eigenvalue weighted by Gasteiger charge is -2.29. The van der Waals surface area contributed by atoms with E-state index in [0.29, 0.717) is 0 Å². The van der Waals surface area contributed by atoms with Gasteiger partial charge in [-0.2, -0.15) is 0 Å². The monoisotopic (exact) mass is 435 g/mol. The lowest BCUT2D eigenvalue weighted by molar-refractivity contribution is -0.167. The molecule has 0 unspecified atom stereocenters. The molecule has 0 aliphatic heterocycles. The number of carbonyl (C=O) groups excluding carboxylic acids is 5. The van der Waals surface area contributed by atoms with E-state index in [1.807, 2.05) is 0 Å². The van der Waals surface area contributed by atoms with Crippen LogP contribution in [0.2, 0.25) is 0 Å². The molecule has 0 spiro atoms. The van der Waals surface area contributed by atoms with Gasteiger partial charge in [-0.05, 0) is 46.8 Å². The van der Waals surface area contributed by atoms with Crippen molar-refractivity contribution in [1.29, 1.82) is 0 Å². The van der Waals surface area contributed by atoms with Gasteiger partial charge in [-0.15, -0.1) is 0 Å². The molecule has 0 fully saturated rings. The summed E-state index contributed by atoms with van der Waals surface area (Å²) in [6.07, 6.45) is -0.735. The Hall–Kier alpha value is -3.23. The van der Waals surface area contributed by atoms with Gasteiger partial charge in [0.1, 0.15) is 5.75 Å². The van der Waals surface area contributed by atoms with Gasteiger partial charge in [0.05, 0.1) is 25.0 Å². The highest BCUT2D eigenvalue weighted by molar-refractivity contribution is 6.13. The summed E-state index contributed by atoms with van der Waals surface area (Å²) in [6.45, 7) is 9.05. The minimum Gasteiger partial charge on any atom is -0.464 e. The van der Waals surface area contributed by atoms with Gasteiger partial charge < -0.3 is 19.5 Å². The Kier molecular flexibility index (Phi) is 8.90. The maximum Gasteiger partial charge on any atom is 0.344 e. The van der Waals surface area contributed by atoms with Gasteiger partial charge in [-0.1, -0.05) is 12.1 Å². The van der Waals surface area contributed by atoms with Crippen LogP contribution in [-0.2, 0) is 28.7 Å². The number of amides is 1. The van der Waals surface area contributed by atoms with Crippen LogP contribution < -0.4 is 10.1 Å². The number of rotatable bonds is 9. The van der Waals surface area contributed by atoms with E-state index in [9.17, 15) is 24.0 Å². The first-order valence-corrected chi connectivity index (χ1v) is 9.86. The van der Waals surface area contributed by atoms with Crippen molar-refractivity contribution in [3.8, 4) is 5.75 Å². The molecular weight excluding hydrogens is 406 g/mol. The molecular formula is C22H29NO8. The zero-order chi connectivity index (χ0) is 23.8. The molecule has 0 radical (unpaired) electrons. The van der Waals surface area contributed by atoms with Crippen molar-refractivity contribution in [2.45, 2.75) is 53.5 Å². The summed E-state index contributed by atoms with van der Waals surface area (Å²) in [5.74, 6) is -3.96. The van der Waals surface area contributed by atoms with E-state index in [1.54, 1.807) is 20.8 Å². The molecule has 1 amide bonds. The van der Waals surface area contributed by atoms with Crippen LogP contribution in [0.15, 0.2) is 24.3 Å². The van der Waals surface area contributed by atoms with Gasteiger partial charge in [0, 0.05) is 12.5 Å². The minimum atomic E-state index is -2.34. The third-order valence-corrected chi connectivity index (χ3v) is 4.04. The molecule has 0 atom stereocenters. The number of esters is 3. The van der Waals surface area contributed by atoms with Crippen molar-refractivity contribution in [3.05, 3.63) is 29.8 Å². The third kappa shape index (κ3) is 6.91. The Morgan fingerprint density at radius 1 is 0.903 bits per heavy atom. The van der Waals surface area contributed by atoms with Crippen molar-refractivity contribution >= 4 is 29.6 Å². The Balaban J connectivity index is 3.30. The number of ether oxygens (including phenoxy) is 3. The minimum absolute atomic E-state index is 0.0718. The highest BCUT2D eigenvalue weighted by Crippen LogP contribution is 2.24. The van der Waals surface area contributed by atoms with Crippen LogP contribution in [-0.4, -0.2) is 48.4 Å². The highest BCUT2D eigenvalue weighted by atomic mass is 16.6. The molecule has 1 aromatic rings. The van der Waals surface area contributed by atoms with Crippen LogP contribution in [0.25, 0.3) is 0 Å². The second-order valence-corrected chi connectivity index (χ2v) is 7.79. The smallest absolute Gasteiger partial charge is 0.344 e. The quantitative estimate of drug-likeness (QED) is 0.271. The lowest BCUT2D eigenvalue weighted by atomic mass is 9.89. The van der Waals surface area contributed by atoms with Gasteiger partial charge in [0.2, 0.25) is 11.4 Å². The average molecular weight is 435 g/mol. The second-order valence-electron chi connectivity index (χ2n) is 7.79. The van der Waals surface area contributed by atoms with Crippen molar-refractivity contribution in [2.24, 2.45) is 5.41 Å². The van der Waals surface area contributed by atoms with Crippen molar-refractivity contribution in [2.75, 3.05) is 13.2 Å². The average Bonchev–Trinajstić information content (AvgIpc) is 2.66. The summed E-state index contributed by atoms with van der Waals surface area (Å²) in [5.41, 5.74) is -3.02. The number of hydrogen-bond donors (Lipinski definition) is 1. The number of carbonyl (C=O) groups is 5. The van der Waals surface area contributed by atoms with Gasteiger partial charge in [0.25, 0.3) is 0 Å². The Morgan fingerprint density at radius 3 is 1.90 bits per heavy atom. The number of nitrogens with one attached hydrogen (secondary N) is 1. The predicted molar refractivity (Wildman–Crippen MR) is 110 cm³/mol. The first kappa shape index (κ1) is 25.8. The molecule has 0 heterocycles. The maximum absolute atomic E-state index is 13.0. The van der Waals surface area contributed by atoms with E-state index < -0.39 is 47.0 Å². The summed E-state index contributed by atoms with van der Waals surface area (Å²) in [4.78, 5) is 62.2. The fraction of sp³-hybridized carbons (Fsp3) is 0.500. The van der Waals surface area contributed by atoms with Gasteiger partial charge in [-0.25, -0.2) is 9.59 Å². The van der Waals surface area contributed by atoms with E-state index in [2.05, 4.69) is 5.32 Å². The summed E-state index contributed by atoms with van der Waals surface area (Å²) in [5, 5.41) is 2.24. The lowest BCUT2D eigenvalue weighted by Crippen LogP contribution is -2.62. The largest absolute Gasteiger partial charge is 0.464 e. The van der Waals surface area contributed by atoms with Crippen LogP contribution >= 0.6 is 0 Å². The van der Waals surface area contributed by atoms with E-state index in [4.69, 9.17) is 14.2 Å². The van der Waals surface area contributed by atoms with Crippen molar-refractivity contribution in [3.63, 3.8) is 0 Å². The van der Waals surface area contributed by atoms with Crippen molar-refractivity contribution < 1.29 is 38.2 Å². The first-order chi connectivity index (χ1) is 14.4. The SMILES string of the molecule is CCOC(=O)C(CC(=O)c1cccc(OC(=O)C(C)(C)C)c1)(NC(C)=O)C(=O)OCC. The van der Waals surface area contributed by atoms with E-state index >= 15 is 0 Å². The fourth-order valence-electron chi connectivity index (χ4n) is 2.52. The molecule has 1 aromatic carbocycles. The van der Waals surface area contributed by atoms with E-state index in [0.717, 1.165) is 6.92 Å². The molecule has 170 valence electrons. The summed E-state index contributed by atoms with van der Waals surface area (Å²) < 4.78 is 15.2. The van der Waals surface area contributed by atoms with Crippen molar-refractivity contribution in [1.82, 2.24) is 5.32 Å². The number of ketones is 1. The van der Waals surface area contributed by atoms with Crippen LogP contribution in [0.1, 0.15) is 58.3 Å². The molecule has 1 rings (SSSR count). The van der Waals surface area contributed by atoms with Gasteiger partial charge in [0.15, 0.2) is 5.78 Å². The number of Topliss-reactive ketones (excluding diaryl/α,β-unsaturated/α-hetero) is 1. The zero-order valence-corrected chi connectivity index (χ0v) is 18.7. The van der Waals surface area contributed by atoms with E-state index in [-0.39, 0.29) is 24.5 Å². The molecule has 9 heteroatoms. The third-order valence-electron chi connectivity index (χ3n) is 4.04.